The van der Waals surface area contributed by atoms with E-state index in [9.17, 15) is 19.2 Å². The first-order valence-corrected chi connectivity index (χ1v) is 20.3. The van der Waals surface area contributed by atoms with Crippen LogP contribution in [0.25, 0.3) is 22.3 Å². The number of aromatic nitrogens is 8. The van der Waals surface area contributed by atoms with E-state index < -0.39 is 18.1 Å². The molecule has 0 saturated heterocycles. The van der Waals surface area contributed by atoms with E-state index >= 15 is 0 Å². The molecule has 0 fully saturated rings. The molecule has 2 atom stereocenters. The molecule has 0 unspecified atom stereocenters. The molecule has 0 radical (unpaired) electrons. The highest BCUT2D eigenvalue weighted by Gasteiger charge is 2.20. The number of carbonyl (C=O) groups excluding carboxylic acids is 3. The molecule has 0 saturated carbocycles. The van der Waals surface area contributed by atoms with Crippen molar-refractivity contribution < 1.29 is 29.0 Å². The van der Waals surface area contributed by atoms with E-state index in [0.717, 1.165) is 33.4 Å². The third-order valence-corrected chi connectivity index (χ3v) is 9.54. The molecule has 17 heteroatoms. The Bertz CT molecular complexity index is 2330. The number of nitriles is 1. The molecule has 4 aromatic carbocycles. The molecule has 320 valence electrons. The highest BCUT2D eigenvalue weighted by Crippen LogP contribution is 2.21. The Hall–Kier alpha value is -7.61. The number of ether oxygens (including phenoxy) is 1. The van der Waals surface area contributed by atoms with Crippen molar-refractivity contribution >= 4 is 23.8 Å². The number of esters is 1. The van der Waals surface area contributed by atoms with E-state index in [-0.39, 0.29) is 56.5 Å². The summed E-state index contributed by atoms with van der Waals surface area (Å²) < 4.78 is 6.62. The second-order valence-electron chi connectivity index (χ2n) is 14.2. The van der Waals surface area contributed by atoms with Crippen LogP contribution in [0.15, 0.2) is 109 Å². The van der Waals surface area contributed by atoms with Gasteiger partial charge in [0.2, 0.25) is 11.8 Å². The number of carboxylic acid groups (broad SMARTS) is 1. The molecule has 0 aliphatic rings. The molecule has 17 nitrogen and oxygen atoms in total. The van der Waals surface area contributed by atoms with Gasteiger partial charge in [0.05, 0.1) is 38.5 Å². The average molecular weight is 840 g/mol. The van der Waals surface area contributed by atoms with Crippen molar-refractivity contribution in [3.63, 3.8) is 0 Å². The Morgan fingerprint density at radius 3 is 1.77 bits per heavy atom. The quantitative estimate of drug-likeness (QED) is 0.0708. The summed E-state index contributed by atoms with van der Waals surface area (Å²) in [5, 5.41) is 48.4. The maximum Gasteiger partial charge on any atom is 0.307 e. The lowest BCUT2D eigenvalue weighted by atomic mass is 9.99. The van der Waals surface area contributed by atoms with Gasteiger partial charge < -0.3 is 20.5 Å². The third-order valence-electron chi connectivity index (χ3n) is 9.54. The Kier molecular flexibility index (Phi) is 17.9. The highest BCUT2D eigenvalue weighted by molar-refractivity contribution is 5.78. The minimum atomic E-state index is -0.954. The maximum atomic E-state index is 12.6. The number of nitrogens with zero attached hydrogens (tertiary/aromatic N) is 8. The van der Waals surface area contributed by atoms with E-state index in [4.69, 9.17) is 15.1 Å². The number of aryl methyl sites for hydroxylation is 3. The number of carboxylic acids is 1. The molecule has 0 aliphatic heterocycles. The summed E-state index contributed by atoms with van der Waals surface area (Å²) in [6, 6.07) is 37.3. The molecule has 2 amide bonds. The number of benzene rings is 4. The zero-order valence-electron chi connectivity index (χ0n) is 34.4. The zero-order valence-corrected chi connectivity index (χ0v) is 34.4. The van der Waals surface area contributed by atoms with Crippen molar-refractivity contribution in [1.82, 2.24) is 51.5 Å². The SMILES string of the molecule is CCOC(=O)C[C@@H](Cc1ccc(-c2ccccc2)cc1)NC(=O)CCc1nnnn1CCC#N.O=C(O)C[C@@H](Cc1ccc(-c2ccccc2)cc1)NC(=O)CCc1nn[nH]n1. The first-order valence-electron chi connectivity index (χ1n) is 20.3. The van der Waals surface area contributed by atoms with Gasteiger partial charge in [-0.05, 0) is 63.6 Å². The van der Waals surface area contributed by atoms with Crippen LogP contribution in [-0.2, 0) is 56.1 Å². The van der Waals surface area contributed by atoms with E-state index in [1.807, 2.05) is 103 Å². The van der Waals surface area contributed by atoms with Gasteiger partial charge in [0, 0.05) is 37.8 Å². The molecular weight excluding hydrogens is 791 g/mol. The number of nitrogens with one attached hydrogen (secondary N) is 3. The molecule has 0 bridgehead atoms. The van der Waals surface area contributed by atoms with Crippen molar-refractivity contribution in [1.29, 1.82) is 5.26 Å². The fourth-order valence-electron chi connectivity index (χ4n) is 6.55. The first-order chi connectivity index (χ1) is 30.2. The van der Waals surface area contributed by atoms with Crippen molar-refractivity contribution in [2.45, 2.75) is 83.3 Å². The predicted molar refractivity (Wildman–Crippen MR) is 227 cm³/mol. The molecule has 2 aromatic heterocycles. The maximum absolute atomic E-state index is 12.6. The van der Waals surface area contributed by atoms with Gasteiger partial charge in [0.1, 0.15) is 0 Å². The van der Waals surface area contributed by atoms with Gasteiger partial charge in [-0.25, -0.2) is 4.68 Å². The van der Waals surface area contributed by atoms with Gasteiger partial charge in [0.15, 0.2) is 11.6 Å². The molecule has 0 aliphatic carbocycles. The van der Waals surface area contributed by atoms with Crippen LogP contribution in [-0.4, -0.2) is 88.4 Å². The lowest BCUT2D eigenvalue weighted by Crippen LogP contribution is -2.38. The second-order valence-corrected chi connectivity index (χ2v) is 14.2. The highest BCUT2D eigenvalue weighted by atomic mass is 16.5. The predicted octanol–water partition coefficient (Wildman–Crippen LogP) is 4.87. The summed E-state index contributed by atoms with van der Waals surface area (Å²) in [4.78, 5) is 48.1. The lowest BCUT2D eigenvalue weighted by Gasteiger charge is -2.18. The van der Waals surface area contributed by atoms with E-state index in [0.29, 0.717) is 43.9 Å². The summed E-state index contributed by atoms with van der Waals surface area (Å²) in [5.41, 5.74) is 6.40. The van der Waals surface area contributed by atoms with E-state index in [2.05, 4.69) is 58.9 Å². The van der Waals surface area contributed by atoms with Crippen molar-refractivity contribution in [2.75, 3.05) is 6.61 Å². The molecule has 0 spiro atoms. The van der Waals surface area contributed by atoms with Crippen LogP contribution in [0.4, 0.5) is 0 Å². The van der Waals surface area contributed by atoms with Crippen LogP contribution in [0.1, 0.15) is 61.8 Å². The van der Waals surface area contributed by atoms with Gasteiger partial charge in [-0.3, -0.25) is 19.2 Å². The van der Waals surface area contributed by atoms with Gasteiger partial charge in [-0.2, -0.15) is 10.5 Å². The number of hydrogen-bond acceptors (Lipinski definition) is 12. The number of aromatic amines is 1. The minimum Gasteiger partial charge on any atom is -0.481 e. The smallest absolute Gasteiger partial charge is 0.307 e. The fraction of sp³-hybridized carbons (Fsp3) is 0.311. The van der Waals surface area contributed by atoms with Gasteiger partial charge >= 0.3 is 11.9 Å². The molecule has 2 heterocycles. The van der Waals surface area contributed by atoms with Crippen molar-refractivity contribution in [3.8, 4) is 28.3 Å². The van der Waals surface area contributed by atoms with Crippen LogP contribution in [0.2, 0.25) is 0 Å². The number of aliphatic carboxylic acids is 1. The second kappa shape index (κ2) is 24.5. The summed E-state index contributed by atoms with van der Waals surface area (Å²) in [6.45, 7) is 2.42. The van der Waals surface area contributed by atoms with Crippen LogP contribution in [0.3, 0.4) is 0 Å². The molecule has 62 heavy (non-hydrogen) atoms. The summed E-state index contributed by atoms with van der Waals surface area (Å²) in [5.74, 6) is -0.759. The van der Waals surface area contributed by atoms with Crippen LogP contribution in [0.5, 0.6) is 0 Å². The molecule has 6 aromatic rings. The lowest BCUT2D eigenvalue weighted by molar-refractivity contribution is -0.144. The Morgan fingerprint density at radius 2 is 1.27 bits per heavy atom. The summed E-state index contributed by atoms with van der Waals surface area (Å²) in [6.07, 6.45) is 2.18. The normalized spacial score (nSPS) is 11.5. The fourth-order valence-corrected chi connectivity index (χ4v) is 6.55. The van der Waals surface area contributed by atoms with Crippen LogP contribution >= 0.6 is 0 Å². The summed E-state index contributed by atoms with van der Waals surface area (Å²) >= 11 is 0. The topological polar surface area (TPSA) is 244 Å². The van der Waals surface area contributed by atoms with Crippen LogP contribution < -0.4 is 10.6 Å². The van der Waals surface area contributed by atoms with Gasteiger partial charge in [-0.15, -0.1) is 15.3 Å². The van der Waals surface area contributed by atoms with E-state index in [1.54, 1.807) is 6.92 Å². The van der Waals surface area contributed by atoms with Crippen molar-refractivity contribution in [3.05, 3.63) is 132 Å². The number of rotatable bonds is 21. The molecular formula is C45H49N11O6. The number of amides is 2. The van der Waals surface area contributed by atoms with Gasteiger partial charge in [-0.1, -0.05) is 114 Å². The largest absolute Gasteiger partial charge is 0.481 e. The molecule has 4 N–H and O–H groups in total. The zero-order chi connectivity index (χ0) is 43.9. The number of H-pyrrole nitrogens is 1. The number of tetrazole rings is 2. The van der Waals surface area contributed by atoms with Crippen molar-refractivity contribution in [2.24, 2.45) is 0 Å². The monoisotopic (exact) mass is 839 g/mol. The molecule has 6 rings (SSSR count). The average Bonchev–Trinajstić information content (AvgIpc) is 3.98. The third kappa shape index (κ3) is 15.5. The van der Waals surface area contributed by atoms with Gasteiger partial charge in [0.25, 0.3) is 0 Å². The number of carbonyl (C=O) groups is 4. The van der Waals surface area contributed by atoms with Crippen LogP contribution in [0, 0.1) is 11.3 Å². The van der Waals surface area contributed by atoms with E-state index in [1.165, 1.54) is 4.68 Å². The Balaban J connectivity index is 0.000000238. The summed E-state index contributed by atoms with van der Waals surface area (Å²) in [7, 11) is 0. The Labute approximate surface area is 358 Å². The first kappa shape index (κ1) is 45.5. The minimum absolute atomic E-state index is 0.0833. The Morgan fingerprint density at radius 1 is 0.742 bits per heavy atom. The number of hydrogen-bond donors (Lipinski definition) is 4. The standard InChI is InChI=1S/C25H28N6O3.C20H21N5O3/c1-2-34-25(33)18-22(17-19-9-11-21(12-10-19)20-7-4-3-5-8-20)27-24(32)14-13-23-28-29-30-31(23)16-6-15-26;26-19(11-10-18-22-24-25-23-18)21-17(13-20(27)28)12-14-6-8-16(9-7-14)15-4-2-1-3-5-15/h3-5,7-12,22H,2,6,13-14,16-18H2,1H3,(H,27,32);1-9,17H,10-13H2,(H,21,26)(H,27,28)(H,22,23,24,25)/t22-;17-/m11/s1.